The molecule has 0 radical (unpaired) electrons. The zero-order valence-corrected chi connectivity index (χ0v) is 18.0. The number of hydrogen-bond donors (Lipinski definition) is 2. The van der Waals surface area contributed by atoms with Gasteiger partial charge in [0, 0.05) is 6.04 Å². The van der Waals surface area contributed by atoms with Crippen molar-refractivity contribution in [3.63, 3.8) is 0 Å². The summed E-state index contributed by atoms with van der Waals surface area (Å²) in [4.78, 5) is 22.7. The number of para-hydroxylation sites is 1. The van der Waals surface area contributed by atoms with E-state index in [1.165, 1.54) is 19.2 Å². The second-order valence-corrected chi connectivity index (χ2v) is 8.45. The summed E-state index contributed by atoms with van der Waals surface area (Å²) in [5.41, 5.74) is 0.604. The fourth-order valence-electron chi connectivity index (χ4n) is 2.62. The third kappa shape index (κ3) is 4.75. The minimum Gasteiger partial charge on any atom is -0.494 e. The molecule has 1 heterocycles. The zero-order valence-electron chi connectivity index (χ0n) is 15.6. The maximum Gasteiger partial charge on any atom is 0.341 e. The third-order valence-corrected chi connectivity index (χ3v) is 6.00. The maximum atomic E-state index is 12.0. The second kappa shape index (κ2) is 8.89. The van der Waals surface area contributed by atoms with Gasteiger partial charge in [0.1, 0.15) is 5.56 Å². The number of ether oxygens (including phenoxy) is 1. The number of anilines is 1. The Bertz CT molecular complexity index is 1060. The molecule has 0 fully saturated rings. The predicted octanol–water partition coefficient (Wildman–Crippen LogP) is 3.91. The van der Waals surface area contributed by atoms with Crippen LogP contribution in [0.2, 0.25) is 10.0 Å². The van der Waals surface area contributed by atoms with Crippen LogP contribution >= 0.6 is 23.2 Å². The van der Waals surface area contributed by atoms with Crippen molar-refractivity contribution < 1.29 is 27.9 Å². The number of nitrogens with one attached hydrogen (secondary N) is 1. The molecule has 156 valence electrons. The van der Waals surface area contributed by atoms with Crippen LogP contribution in [-0.4, -0.2) is 42.9 Å². The lowest BCUT2D eigenvalue weighted by Gasteiger charge is -2.31. The Kier molecular flexibility index (Phi) is 6.99. The summed E-state index contributed by atoms with van der Waals surface area (Å²) in [6, 6.07) is 9.05. The molecule has 11 heteroatoms. The molecule has 0 spiro atoms. The summed E-state index contributed by atoms with van der Waals surface area (Å²) in [5.74, 6) is -1.56. The van der Waals surface area contributed by atoms with Crippen molar-refractivity contribution in [3.05, 3.63) is 57.6 Å². The zero-order chi connectivity index (χ0) is 21.9. The number of benzene rings is 2. The average Bonchev–Trinajstić information content (AvgIpc) is 2.62. The highest BCUT2D eigenvalue weighted by Crippen LogP contribution is 2.33. The first kappa shape index (κ1) is 22.8. The summed E-state index contributed by atoms with van der Waals surface area (Å²) in [6.45, 7) is 3.32. The smallest absolute Gasteiger partial charge is 0.341 e. The van der Waals surface area contributed by atoms with Crippen molar-refractivity contribution in [2.75, 3.05) is 11.8 Å². The van der Waals surface area contributed by atoms with Crippen LogP contribution in [0.3, 0.4) is 0 Å². The number of carboxylic acid groups (broad SMARTS) is 1. The Morgan fingerprint density at radius 3 is 2.24 bits per heavy atom. The topological polar surface area (TPSA) is 113 Å². The average molecular weight is 461 g/mol. The van der Waals surface area contributed by atoms with Gasteiger partial charge < -0.3 is 9.84 Å². The van der Waals surface area contributed by atoms with E-state index < -0.39 is 28.1 Å². The number of nitrogens with zero attached hydrogens (tertiary/aromatic N) is 1. The molecule has 0 saturated heterocycles. The number of rotatable bonds is 3. The number of carbonyl (C=O) groups is 2. The Labute approximate surface area is 178 Å². The van der Waals surface area contributed by atoms with E-state index in [1.54, 1.807) is 38.1 Å². The van der Waals surface area contributed by atoms with Crippen LogP contribution in [0, 0.1) is 0 Å². The number of carbonyl (C=O) groups excluding carboxylic acids is 1. The molecule has 0 saturated carbocycles. The highest BCUT2D eigenvalue weighted by molar-refractivity contribution is 7.91. The highest BCUT2D eigenvalue weighted by atomic mass is 35.5. The van der Waals surface area contributed by atoms with E-state index in [1.807, 2.05) is 0 Å². The Balaban J connectivity index is 0.000000212. The molecule has 0 aromatic heterocycles. The summed E-state index contributed by atoms with van der Waals surface area (Å²) in [5, 5.41) is 9.11. The molecule has 1 aliphatic rings. The van der Waals surface area contributed by atoms with Crippen LogP contribution in [0.4, 0.5) is 5.69 Å². The molecule has 29 heavy (non-hydrogen) atoms. The van der Waals surface area contributed by atoms with Gasteiger partial charge >= 0.3 is 16.2 Å². The van der Waals surface area contributed by atoms with Gasteiger partial charge in [-0.15, -0.1) is 0 Å². The number of carboxylic acids is 1. The fourth-order valence-corrected chi connectivity index (χ4v) is 4.51. The van der Waals surface area contributed by atoms with Gasteiger partial charge in [0.15, 0.2) is 5.75 Å². The molecule has 1 aliphatic heterocycles. The molecule has 2 aromatic rings. The SMILES string of the molecule is CC(C)N1C(=O)c2ccccc2NS1(=O)=O.COc1c(Cl)ccc(Cl)c1C(=O)O. The second-order valence-electron chi connectivity index (χ2n) is 6.09. The number of fused-ring (bicyclic) bond motifs is 1. The van der Waals surface area contributed by atoms with Crippen LogP contribution in [0.1, 0.15) is 34.6 Å². The first-order chi connectivity index (χ1) is 13.5. The molecule has 0 atom stereocenters. The van der Waals surface area contributed by atoms with Gasteiger partial charge in [0.25, 0.3) is 5.91 Å². The minimum atomic E-state index is -3.75. The van der Waals surface area contributed by atoms with Crippen molar-refractivity contribution in [1.82, 2.24) is 4.31 Å². The maximum absolute atomic E-state index is 12.0. The van der Waals surface area contributed by atoms with Gasteiger partial charge in [-0.1, -0.05) is 35.3 Å². The lowest BCUT2D eigenvalue weighted by atomic mass is 10.1. The van der Waals surface area contributed by atoms with Crippen LogP contribution in [-0.2, 0) is 10.2 Å². The van der Waals surface area contributed by atoms with E-state index in [-0.39, 0.29) is 21.4 Å². The van der Waals surface area contributed by atoms with Gasteiger partial charge in [0.05, 0.1) is 28.4 Å². The number of hydrogen-bond acceptors (Lipinski definition) is 5. The van der Waals surface area contributed by atoms with Gasteiger partial charge in [-0.3, -0.25) is 9.52 Å². The number of aromatic carboxylic acids is 1. The molecule has 3 rings (SSSR count). The molecular formula is C18H18Cl2N2O6S. The molecule has 8 nitrogen and oxygen atoms in total. The van der Waals surface area contributed by atoms with Crippen molar-refractivity contribution >= 4 is 51.0 Å². The quantitative estimate of drug-likeness (QED) is 0.717. The van der Waals surface area contributed by atoms with E-state index in [4.69, 9.17) is 33.0 Å². The van der Waals surface area contributed by atoms with E-state index in [0.29, 0.717) is 11.3 Å². The van der Waals surface area contributed by atoms with Crippen molar-refractivity contribution in [1.29, 1.82) is 0 Å². The Hall–Kier alpha value is -2.49. The van der Waals surface area contributed by atoms with E-state index >= 15 is 0 Å². The summed E-state index contributed by atoms with van der Waals surface area (Å²) < 4.78 is 31.6. The van der Waals surface area contributed by atoms with Gasteiger partial charge in [-0.2, -0.15) is 8.42 Å². The normalized spacial score (nSPS) is 14.4. The lowest BCUT2D eigenvalue weighted by molar-refractivity contribution is 0.0692. The van der Waals surface area contributed by atoms with E-state index in [9.17, 15) is 18.0 Å². The number of methoxy groups -OCH3 is 1. The van der Waals surface area contributed by atoms with Crippen LogP contribution < -0.4 is 9.46 Å². The minimum absolute atomic E-state index is 0.0849. The first-order valence-electron chi connectivity index (χ1n) is 8.22. The van der Waals surface area contributed by atoms with Crippen LogP contribution in [0.25, 0.3) is 0 Å². The monoisotopic (exact) mass is 460 g/mol. The van der Waals surface area contributed by atoms with E-state index in [0.717, 1.165) is 4.31 Å². The Morgan fingerprint density at radius 1 is 1.14 bits per heavy atom. The molecular weight excluding hydrogens is 443 g/mol. The van der Waals surface area contributed by atoms with Gasteiger partial charge in [0.2, 0.25) is 0 Å². The summed E-state index contributed by atoms with van der Waals surface area (Å²) in [7, 11) is -2.41. The number of amides is 1. The lowest BCUT2D eigenvalue weighted by Crippen LogP contribution is -2.48. The molecule has 2 aromatic carbocycles. The predicted molar refractivity (Wildman–Crippen MR) is 110 cm³/mol. The molecule has 0 unspecified atom stereocenters. The summed E-state index contributed by atoms with van der Waals surface area (Å²) in [6.07, 6.45) is 0. The van der Waals surface area contributed by atoms with Crippen LogP contribution in [0.5, 0.6) is 5.75 Å². The van der Waals surface area contributed by atoms with Crippen molar-refractivity contribution in [3.8, 4) is 5.75 Å². The Morgan fingerprint density at radius 2 is 1.72 bits per heavy atom. The van der Waals surface area contributed by atoms with Gasteiger partial charge in [-0.25, -0.2) is 9.10 Å². The molecule has 0 bridgehead atoms. The van der Waals surface area contributed by atoms with Crippen molar-refractivity contribution in [2.45, 2.75) is 19.9 Å². The standard InChI is InChI=1S/C10H12N2O3S.C8H6Cl2O3/c1-7(2)12-10(13)8-5-3-4-6-9(8)11-16(12,14)15;1-13-7-5(10)3-2-4(9)6(7)8(11)12/h3-7,11H,1-2H3;2-3H,1H3,(H,11,12). The number of halogens is 2. The molecule has 1 amide bonds. The summed E-state index contributed by atoms with van der Waals surface area (Å²) >= 11 is 11.4. The molecule has 2 N–H and O–H groups in total. The first-order valence-corrected chi connectivity index (χ1v) is 10.4. The van der Waals surface area contributed by atoms with E-state index in [2.05, 4.69) is 4.72 Å². The largest absolute Gasteiger partial charge is 0.494 e. The van der Waals surface area contributed by atoms with Crippen molar-refractivity contribution in [2.24, 2.45) is 0 Å². The highest BCUT2D eigenvalue weighted by Gasteiger charge is 2.36. The molecule has 0 aliphatic carbocycles. The fraction of sp³-hybridized carbons (Fsp3) is 0.222. The van der Waals surface area contributed by atoms with Gasteiger partial charge in [-0.05, 0) is 38.1 Å². The van der Waals surface area contributed by atoms with Crippen LogP contribution in [0.15, 0.2) is 36.4 Å². The third-order valence-electron chi connectivity index (χ3n) is 3.80.